The number of anilines is 1. The number of carbonyl (C=O) groups is 1. The first-order chi connectivity index (χ1) is 15.9. The Morgan fingerprint density at radius 1 is 1.24 bits per heavy atom. The van der Waals surface area contributed by atoms with Crippen LogP contribution in [0.15, 0.2) is 52.4 Å². The minimum absolute atomic E-state index is 0.107. The first kappa shape index (κ1) is 23.2. The number of thioether (sulfide) groups is 1. The molecule has 0 saturated carbocycles. The van der Waals surface area contributed by atoms with Gasteiger partial charge in [0.1, 0.15) is 10.4 Å². The first-order valence-corrected chi connectivity index (χ1v) is 12.5. The molecule has 4 aromatic rings. The van der Waals surface area contributed by atoms with Crippen LogP contribution in [0.1, 0.15) is 18.1 Å². The summed E-state index contributed by atoms with van der Waals surface area (Å²) in [5.41, 5.74) is 3.87. The Hall–Kier alpha value is -2.95. The molecular weight excluding hydrogens is 476 g/mol. The van der Waals surface area contributed by atoms with E-state index in [1.54, 1.807) is 4.57 Å². The highest BCUT2D eigenvalue weighted by Gasteiger charge is 2.15. The molecule has 2 heterocycles. The highest BCUT2D eigenvalue weighted by atomic mass is 32.2. The molecule has 170 valence electrons. The molecule has 0 aliphatic heterocycles. The number of nitrogens with zero attached hydrogens (tertiary/aromatic N) is 2. The molecule has 2 N–H and O–H groups in total. The Morgan fingerprint density at radius 3 is 2.70 bits per heavy atom. The van der Waals surface area contributed by atoms with Crippen molar-refractivity contribution in [1.82, 2.24) is 14.5 Å². The largest absolute Gasteiger partial charge is 0.494 e. The van der Waals surface area contributed by atoms with E-state index in [1.165, 1.54) is 23.1 Å². The fourth-order valence-corrected chi connectivity index (χ4v) is 5.25. The second kappa shape index (κ2) is 9.90. The van der Waals surface area contributed by atoms with Crippen LogP contribution >= 0.6 is 35.3 Å². The van der Waals surface area contributed by atoms with Crippen molar-refractivity contribution < 1.29 is 9.53 Å². The van der Waals surface area contributed by atoms with Crippen LogP contribution in [0, 0.1) is 17.8 Å². The Morgan fingerprint density at radius 2 is 2.00 bits per heavy atom. The molecule has 0 bridgehead atoms. The smallest absolute Gasteiger partial charge is 0.271 e. The standard InChI is InChI=1S/C23H22N4O3S3/c1-4-30-16-8-6-15(7-9-16)27-20-19(33-23(27)31)21(29)26-22(25-20)32-12-18(28)24-17-10-5-13(2)11-14(17)3/h5-11H,4,12H2,1-3H3,(H,24,28)(H,25,26,29). The summed E-state index contributed by atoms with van der Waals surface area (Å²) in [7, 11) is 0. The SMILES string of the molecule is CCOc1ccc(-n2c(=S)sc3c(=O)[nH]c(SCC(=O)Nc4ccc(C)cc4C)nc32)cc1. The summed E-state index contributed by atoms with van der Waals surface area (Å²) in [6, 6.07) is 13.3. The summed E-state index contributed by atoms with van der Waals surface area (Å²) in [4.78, 5) is 32.5. The number of aryl methyl sites for hydroxylation is 2. The number of nitrogens with one attached hydrogen (secondary N) is 2. The lowest BCUT2D eigenvalue weighted by molar-refractivity contribution is -0.113. The van der Waals surface area contributed by atoms with Crippen LogP contribution in [-0.2, 0) is 4.79 Å². The molecule has 0 radical (unpaired) electrons. The van der Waals surface area contributed by atoms with Crippen LogP contribution in [0.3, 0.4) is 0 Å². The second-order valence-corrected chi connectivity index (χ2v) is 9.92. The Labute approximate surface area is 203 Å². The van der Waals surface area contributed by atoms with Crippen molar-refractivity contribution in [3.63, 3.8) is 0 Å². The van der Waals surface area contributed by atoms with E-state index in [0.29, 0.717) is 26.1 Å². The lowest BCUT2D eigenvalue weighted by Gasteiger charge is -2.09. The van der Waals surface area contributed by atoms with Crippen LogP contribution in [0.4, 0.5) is 5.69 Å². The third-order valence-electron chi connectivity index (χ3n) is 4.82. The van der Waals surface area contributed by atoms with Crippen LogP contribution < -0.4 is 15.6 Å². The molecule has 7 nitrogen and oxygen atoms in total. The highest BCUT2D eigenvalue weighted by molar-refractivity contribution is 7.99. The number of carbonyl (C=O) groups excluding carboxylic acids is 1. The summed E-state index contributed by atoms with van der Waals surface area (Å²) >= 11 is 7.88. The number of hydrogen-bond donors (Lipinski definition) is 2. The summed E-state index contributed by atoms with van der Waals surface area (Å²) in [5.74, 6) is 0.683. The molecule has 0 saturated heterocycles. The highest BCUT2D eigenvalue weighted by Crippen LogP contribution is 2.26. The van der Waals surface area contributed by atoms with E-state index >= 15 is 0 Å². The summed E-state index contributed by atoms with van der Waals surface area (Å²) in [6.45, 7) is 6.46. The molecule has 33 heavy (non-hydrogen) atoms. The quantitative estimate of drug-likeness (QED) is 0.206. The number of aromatic amines is 1. The molecule has 4 rings (SSSR count). The predicted molar refractivity (Wildman–Crippen MR) is 137 cm³/mol. The number of fused-ring (bicyclic) bond motifs is 1. The van der Waals surface area contributed by atoms with Crippen LogP contribution in [-0.4, -0.2) is 32.8 Å². The van der Waals surface area contributed by atoms with Gasteiger partial charge in [-0.25, -0.2) is 4.98 Å². The Balaban J connectivity index is 1.58. The maximum Gasteiger partial charge on any atom is 0.271 e. The minimum Gasteiger partial charge on any atom is -0.494 e. The summed E-state index contributed by atoms with van der Waals surface area (Å²) < 4.78 is 8.22. The van der Waals surface area contributed by atoms with Gasteiger partial charge in [0.25, 0.3) is 5.56 Å². The fourth-order valence-electron chi connectivity index (χ4n) is 3.32. The van der Waals surface area contributed by atoms with E-state index in [9.17, 15) is 9.59 Å². The van der Waals surface area contributed by atoms with Gasteiger partial charge in [-0.1, -0.05) is 40.8 Å². The number of hydrogen-bond acceptors (Lipinski definition) is 7. The molecule has 10 heteroatoms. The van der Waals surface area contributed by atoms with E-state index < -0.39 is 0 Å². The summed E-state index contributed by atoms with van der Waals surface area (Å²) in [5, 5.41) is 3.26. The maximum absolute atomic E-state index is 12.7. The lowest BCUT2D eigenvalue weighted by Crippen LogP contribution is -2.16. The van der Waals surface area contributed by atoms with Crippen LogP contribution in [0.5, 0.6) is 5.75 Å². The molecule has 0 aliphatic carbocycles. The normalized spacial score (nSPS) is 11.0. The van der Waals surface area contributed by atoms with Gasteiger partial charge in [-0.2, -0.15) is 0 Å². The van der Waals surface area contributed by atoms with Gasteiger partial charge < -0.3 is 15.0 Å². The average Bonchev–Trinajstić information content (AvgIpc) is 3.11. The number of benzene rings is 2. The zero-order valence-electron chi connectivity index (χ0n) is 18.3. The second-order valence-electron chi connectivity index (χ2n) is 7.31. The fraction of sp³-hybridized carbons (Fsp3) is 0.217. The first-order valence-electron chi connectivity index (χ1n) is 10.2. The molecule has 1 amide bonds. The van der Waals surface area contributed by atoms with E-state index in [1.807, 2.05) is 63.2 Å². The number of aromatic nitrogens is 3. The Kier molecular flexibility index (Phi) is 6.96. The molecule has 2 aromatic heterocycles. The van der Waals surface area contributed by atoms with Gasteiger partial charge in [0, 0.05) is 11.4 Å². The number of amides is 1. The van der Waals surface area contributed by atoms with E-state index in [4.69, 9.17) is 17.0 Å². The third kappa shape index (κ3) is 5.18. The lowest BCUT2D eigenvalue weighted by atomic mass is 10.1. The number of rotatable bonds is 7. The van der Waals surface area contributed by atoms with Crippen LogP contribution in [0.2, 0.25) is 0 Å². The number of H-pyrrole nitrogens is 1. The zero-order chi connectivity index (χ0) is 23.5. The monoisotopic (exact) mass is 498 g/mol. The third-order valence-corrected chi connectivity index (χ3v) is 7.06. The average molecular weight is 499 g/mol. The van der Waals surface area contributed by atoms with Crippen molar-refractivity contribution in [2.24, 2.45) is 0 Å². The summed E-state index contributed by atoms with van der Waals surface area (Å²) in [6.07, 6.45) is 0. The predicted octanol–water partition coefficient (Wildman–Crippen LogP) is 5.25. The minimum atomic E-state index is -0.280. The van der Waals surface area contributed by atoms with Crippen molar-refractivity contribution in [3.05, 3.63) is 67.9 Å². The molecule has 2 aromatic carbocycles. The molecule has 0 spiro atoms. The van der Waals surface area contributed by atoms with E-state index in [0.717, 1.165) is 28.3 Å². The van der Waals surface area contributed by atoms with Gasteiger partial charge in [0.05, 0.1) is 12.4 Å². The molecule has 0 atom stereocenters. The molecule has 0 fully saturated rings. The van der Waals surface area contributed by atoms with Gasteiger partial charge in [-0.15, -0.1) is 0 Å². The maximum atomic E-state index is 12.7. The van der Waals surface area contributed by atoms with E-state index in [-0.39, 0.29) is 17.2 Å². The van der Waals surface area contributed by atoms with Crippen molar-refractivity contribution in [3.8, 4) is 11.4 Å². The van der Waals surface area contributed by atoms with Crippen molar-refractivity contribution >= 4 is 57.3 Å². The Bertz CT molecular complexity index is 1440. The number of thiazole rings is 1. The molecule has 0 unspecified atom stereocenters. The van der Waals surface area contributed by atoms with Crippen molar-refractivity contribution in [2.45, 2.75) is 25.9 Å². The number of ether oxygens (including phenoxy) is 1. The van der Waals surface area contributed by atoms with Crippen LogP contribution in [0.25, 0.3) is 16.0 Å². The van der Waals surface area contributed by atoms with Gasteiger partial charge in [-0.05, 0) is 68.9 Å². The van der Waals surface area contributed by atoms with Crippen molar-refractivity contribution in [1.29, 1.82) is 0 Å². The topological polar surface area (TPSA) is 89.0 Å². The van der Waals surface area contributed by atoms with Gasteiger partial charge in [0.15, 0.2) is 14.8 Å². The van der Waals surface area contributed by atoms with Crippen molar-refractivity contribution in [2.75, 3.05) is 17.7 Å². The van der Waals surface area contributed by atoms with E-state index in [2.05, 4.69) is 15.3 Å². The van der Waals surface area contributed by atoms with Gasteiger partial charge in [0.2, 0.25) is 5.91 Å². The molecule has 0 aliphatic rings. The van der Waals surface area contributed by atoms with Gasteiger partial charge in [-0.3, -0.25) is 14.2 Å². The molecular formula is C23H22N4O3S3. The zero-order valence-corrected chi connectivity index (χ0v) is 20.7. The van der Waals surface area contributed by atoms with Gasteiger partial charge >= 0.3 is 0 Å².